The van der Waals surface area contributed by atoms with Gasteiger partial charge in [0.2, 0.25) is 6.29 Å². The van der Waals surface area contributed by atoms with Crippen LogP contribution in [0.2, 0.25) is 0 Å². The summed E-state index contributed by atoms with van der Waals surface area (Å²) in [6.07, 6.45) is -13.1. The summed E-state index contributed by atoms with van der Waals surface area (Å²) in [7, 11) is 0. The number of rotatable bonds is 6. The van der Waals surface area contributed by atoms with E-state index in [-0.39, 0.29) is 5.75 Å². The minimum absolute atomic E-state index is 0.164. The zero-order chi connectivity index (χ0) is 23.9. The lowest BCUT2D eigenvalue weighted by atomic mass is 9.99. The first-order chi connectivity index (χ1) is 15.8. The van der Waals surface area contributed by atoms with Crippen molar-refractivity contribution >= 4 is 22.7 Å². The SMILES string of the molecule is OC[C@H]1O[C@@H](Sc2[nH]c3ccccc3c2O[C@@H]2O[C@H](CO)[C@@H](O)[C@H](O)[C@H]2O)[C@H](O)[C@@H](O)[C@@H]1O. The van der Waals surface area contributed by atoms with E-state index in [4.69, 9.17) is 14.2 Å². The van der Waals surface area contributed by atoms with E-state index in [2.05, 4.69) is 4.98 Å². The highest BCUT2D eigenvalue weighted by atomic mass is 32.2. The molecule has 1 aromatic heterocycles. The number of para-hydroxylation sites is 1. The van der Waals surface area contributed by atoms with Crippen molar-refractivity contribution in [3.05, 3.63) is 24.3 Å². The van der Waals surface area contributed by atoms with E-state index in [1.54, 1.807) is 24.3 Å². The van der Waals surface area contributed by atoms with Gasteiger partial charge < -0.3 is 60.0 Å². The van der Waals surface area contributed by atoms with Gasteiger partial charge in [0.25, 0.3) is 0 Å². The van der Waals surface area contributed by atoms with Crippen molar-refractivity contribution in [1.82, 2.24) is 4.98 Å². The Hall–Kier alpha value is -1.49. The van der Waals surface area contributed by atoms with Crippen LogP contribution in [0.3, 0.4) is 0 Å². The molecular weight excluding hydrogens is 462 g/mol. The number of fused-ring (bicyclic) bond motifs is 1. The summed E-state index contributed by atoms with van der Waals surface area (Å²) in [5.41, 5.74) is -0.491. The van der Waals surface area contributed by atoms with Crippen molar-refractivity contribution in [3.63, 3.8) is 0 Å². The summed E-state index contributed by atoms with van der Waals surface area (Å²) >= 11 is 0.914. The minimum atomic E-state index is -1.64. The number of thioether (sulfide) groups is 1. The molecule has 0 saturated carbocycles. The molecule has 0 aliphatic carbocycles. The molecule has 13 heteroatoms. The predicted molar refractivity (Wildman–Crippen MR) is 112 cm³/mol. The Morgan fingerprint density at radius 3 is 2.06 bits per heavy atom. The second-order valence-electron chi connectivity index (χ2n) is 7.96. The number of nitrogens with one attached hydrogen (secondary N) is 1. The van der Waals surface area contributed by atoms with Crippen LogP contribution in [0.15, 0.2) is 29.3 Å². The third kappa shape index (κ3) is 4.59. The summed E-state index contributed by atoms with van der Waals surface area (Å²) in [5, 5.41) is 80.6. The Balaban J connectivity index is 1.64. The molecule has 2 aromatic rings. The molecule has 0 unspecified atom stereocenters. The molecule has 33 heavy (non-hydrogen) atoms. The normalized spacial score (nSPS) is 39.6. The highest BCUT2D eigenvalue weighted by molar-refractivity contribution is 7.99. The van der Waals surface area contributed by atoms with Gasteiger partial charge in [-0.1, -0.05) is 23.9 Å². The Morgan fingerprint density at radius 2 is 1.39 bits per heavy atom. The molecule has 4 rings (SSSR count). The Morgan fingerprint density at radius 1 is 0.788 bits per heavy atom. The van der Waals surface area contributed by atoms with Crippen LogP contribution < -0.4 is 4.74 Å². The molecule has 10 atom stereocenters. The van der Waals surface area contributed by atoms with Crippen LogP contribution in [0.4, 0.5) is 0 Å². The Bertz CT molecular complexity index is 940. The van der Waals surface area contributed by atoms with Gasteiger partial charge >= 0.3 is 0 Å². The zero-order valence-corrected chi connectivity index (χ0v) is 18.0. The van der Waals surface area contributed by atoms with E-state index in [1.165, 1.54) is 0 Å². The number of H-pyrrole nitrogens is 1. The summed E-state index contributed by atoms with van der Waals surface area (Å²) in [6, 6.07) is 6.95. The van der Waals surface area contributed by atoms with Gasteiger partial charge in [0.05, 0.1) is 18.7 Å². The van der Waals surface area contributed by atoms with Gasteiger partial charge in [-0.3, -0.25) is 0 Å². The second-order valence-corrected chi connectivity index (χ2v) is 9.07. The van der Waals surface area contributed by atoms with Gasteiger partial charge in [-0.2, -0.15) is 0 Å². The van der Waals surface area contributed by atoms with Crippen molar-refractivity contribution in [2.75, 3.05) is 13.2 Å². The van der Waals surface area contributed by atoms with E-state index < -0.39 is 73.8 Å². The van der Waals surface area contributed by atoms with Crippen molar-refractivity contribution < 1.29 is 55.1 Å². The highest BCUT2D eigenvalue weighted by Gasteiger charge is 2.46. The van der Waals surface area contributed by atoms with E-state index >= 15 is 0 Å². The maximum absolute atomic E-state index is 10.4. The molecule has 2 aliphatic heterocycles. The van der Waals surface area contributed by atoms with Crippen LogP contribution in [-0.2, 0) is 9.47 Å². The first-order valence-electron chi connectivity index (χ1n) is 10.3. The fourth-order valence-corrected chi connectivity index (χ4v) is 5.02. The minimum Gasteiger partial charge on any atom is -0.459 e. The molecule has 0 amide bonds. The first kappa shape index (κ1) is 24.6. The Labute approximate surface area is 192 Å². The lowest BCUT2D eigenvalue weighted by Crippen LogP contribution is -2.60. The van der Waals surface area contributed by atoms with Crippen LogP contribution in [0.5, 0.6) is 5.75 Å². The molecule has 12 nitrogen and oxygen atoms in total. The van der Waals surface area contributed by atoms with Gasteiger partial charge in [0.1, 0.15) is 59.3 Å². The number of aliphatic hydroxyl groups excluding tert-OH is 8. The van der Waals surface area contributed by atoms with E-state index in [9.17, 15) is 40.9 Å². The summed E-state index contributed by atoms with van der Waals surface area (Å²) in [4.78, 5) is 3.08. The molecule has 184 valence electrons. The fraction of sp³-hybridized carbons (Fsp3) is 0.600. The summed E-state index contributed by atoms with van der Waals surface area (Å²) in [5.74, 6) is 0.164. The van der Waals surface area contributed by atoms with Gasteiger partial charge in [-0.25, -0.2) is 0 Å². The number of aromatic amines is 1. The molecule has 0 spiro atoms. The molecular formula is C20H27NO11S. The first-order valence-corrected chi connectivity index (χ1v) is 11.2. The maximum Gasteiger partial charge on any atom is 0.229 e. The van der Waals surface area contributed by atoms with Gasteiger partial charge in [0.15, 0.2) is 5.75 Å². The van der Waals surface area contributed by atoms with Crippen molar-refractivity contribution in [1.29, 1.82) is 0 Å². The molecule has 0 radical (unpaired) electrons. The van der Waals surface area contributed by atoms with E-state index in [0.717, 1.165) is 11.8 Å². The van der Waals surface area contributed by atoms with Gasteiger partial charge in [0, 0.05) is 5.39 Å². The van der Waals surface area contributed by atoms with Gasteiger partial charge in [-0.15, -0.1) is 0 Å². The molecule has 3 heterocycles. The zero-order valence-electron chi connectivity index (χ0n) is 17.2. The highest BCUT2D eigenvalue weighted by Crippen LogP contribution is 2.42. The van der Waals surface area contributed by atoms with Crippen LogP contribution in [-0.4, -0.2) is 120 Å². The molecule has 0 bridgehead atoms. The Kier molecular flexibility index (Phi) is 7.47. The number of hydrogen-bond acceptors (Lipinski definition) is 12. The summed E-state index contributed by atoms with van der Waals surface area (Å²) in [6.45, 7) is -1.20. The van der Waals surface area contributed by atoms with Crippen LogP contribution in [0.25, 0.3) is 10.9 Å². The number of aromatic nitrogens is 1. The largest absolute Gasteiger partial charge is 0.459 e. The number of ether oxygens (including phenoxy) is 3. The monoisotopic (exact) mass is 489 g/mol. The van der Waals surface area contributed by atoms with E-state index in [0.29, 0.717) is 15.9 Å². The lowest BCUT2D eigenvalue weighted by Gasteiger charge is -2.40. The smallest absolute Gasteiger partial charge is 0.229 e. The lowest BCUT2D eigenvalue weighted by molar-refractivity contribution is -0.277. The molecule has 2 saturated heterocycles. The molecule has 1 aromatic carbocycles. The number of aliphatic hydroxyl groups is 8. The van der Waals surface area contributed by atoms with Crippen molar-refractivity contribution in [3.8, 4) is 5.75 Å². The van der Waals surface area contributed by atoms with Crippen LogP contribution >= 0.6 is 11.8 Å². The average Bonchev–Trinajstić information content (AvgIpc) is 3.16. The molecule has 2 aliphatic rings. The van der Waals surface area contributed by atoms with Crippen molar-refractivity contribution in [2.24, 2.45) is 0 Å². The molecule has 9 N–H and O–H groups in total. The fourth-order valence-electron chi connectivity index (χ4n) is 3.85. The van der Waals surface area contributed by atoms with E-state index in [1.807, 2.05) is 0 Å². The topological polar surface area (TPSA) is 205 Å². The van der Waals surface area contributed by atoms with Crippen molar-refractivity contribution in [2.45, 2.75) is 65.6 Å². The van der Waals surface area contributed by atoms with Crippen LogP contribution in [0.1, 0.15) is 0 Å². The number of benzene rings is 1. The maximum atomic E-state index is 10.4. The predicted octanol–water partition coefficient (Wildman–Crippen LogP) is -2.76. The summed E-state index contributed by atoms with van der Waals surface area (Å²) < 4.78 is 16.9. The third-order valence-electron chi connectivity index (χ3n) is 5.79. The average molecular weight is 489 g/mol. The van der Waals surface area contributed by atoms with Gasteiger partial charge in [-0.05, 0) is 12.1 Å². The second kappa shape index (κ2) is 10.0. The standard InChI is InChI=1S/C20H27NO11S/c22-5-9-11(24)13(26)15(28)19(30-9)32-17-7-3-1-2-4-8(7)21-18(17)33-20-16(29)14(27)12(25)10(6-23)31-20/h1-4,9-16,19-29H,5-6H2/t9-,10-,11-,12-,13+,14+,15-,16-,19+,20+/m1/s1. The third-order valence-corrected chi connectivity index (χ3v) is 6.94. The molecule has 2 fully saturated rings. The quantitative estimate of drug-likeness (QED) is 0.202. The number of hydrogen-bond donors (Lipinski definition) is 9. The van der Waals surface area contributed by atoms with Crippen LogP contribution in [0, 0.1) is 0 Å².